The number of hydrogen-bond acceptors (Lipinski definition) is 3. The highest BCUT2D eigenvalue weighted by Crippen LogP contribution is 2.24. The lowest BCUT2D eigenvalue weighted by Gasteiger charge is -2.18. The molecule has 4 heteroatoms. The van der Waals surface area contributed by atoms with E-state index in [1.165, 1.54) is 0 Å². The van der Waals surface area contributed by atoms with Crippen LogP contribution in [0.3, 0.4) is 0 Å². The van der Waals surface area contributed by atoms with E-state index in [9.17, 15) is 4.79 Å². The van der Waals surface area contributed by atoms with Gasteiger partial charge in [-0.15, -0.1) is 0 Å². The summed E-state index contributed by atoms with van der Waals surface area (Å²) in [5.41, 5.74) is 1.14. The van der Waals surface area contributed by atoms with Crippen LogP contribution in [0.5, 0.6) is 5.75 Å². The molecule has 110 valence electrons. The van der Waals surface area contributed by atoms with E-state index in [0.29, 0.717) is 19.1 Å². The molecule has 1 aliphatic heterocycles. The number of ether oxygens (including phenoxy) is 1. The summed E-state index contributed by atoms with van der Waals surface area (Å²) in [7, 11) is 0. The van der Waals surface area contributed by atoms with Crippen molar-refractivity contribution in [1.29, 1.82) is 0 Å². The largest absolute Gasteiger partial charge is 0.493 e. The molecule has 0 aliphatic carbocycles. The predicted molar refractivity (Wildman–Crippen MR) is 77.8 cm³/mol. The van der Waals surface area contributed by atoms with Gasteiger partial charge in [0.1, 0.15) is 5.75 Å². The van der Waals surface area contributed by atoms with Crippen LogP contribution in [0.25, 0.3) is 0 Å². The second-order valence-corrected chi connectivity index (χ2v) is 5.87. The van der Waals surface area contributed by atoms with Gasteiger partial charge < -0.3 is 9.84 Å². The van der Waals surface area contributed by atoms with Crippen LogP contribution in [0.15, 0.2) is 24.3 Å². The molecule has 0 bridgehead atoms. The molecule has 0 aromatic heterocycles. The van der Waals surface area contributed by atoms with Gasteiger partial charge in [0.2, 0.25) is 0 Å². The Morgan fingerprint density at radius 2 is 2.20 bits per heavy atom. The molecule has 1 atom stereocenters. The van der Waals surface area contributed by atoms with Gasteiger partial charge in [-0.25, -0.2) is 0 Å². The van der Waals surface area contributed by atoms with Crippen molar-refractivity contribution in [2.45, 2.75) is 26.8 Å². The molecule has 2 rings (SSSR count). The van der Waals surface area contributed by atoms with E-state index in [2.05, 4.69) is 24.8 Å². The van der Waals surface area contributed by atoms with E-state index in [0.717, 1.165) is 30.8 Å². The van der Waals surface area contributed by atoms with Crippen molar-refractivity contribution in [3.8, 4) is 5.75 Å². The fourth-order valence-corrected chi connectivity index (χ4v) is 2.45. The maximum atomic E-state index is 11.0. The molecule has 20 heavy (non-hydrogen) atoms. The van der Waals surface area contributed by atoms with Crippen LogP contribution in [0.4, 0.5) is 0 Å². The van der Waals surface area contributed by atoms with Gasteiger partial charge >= 0.3 is 5.97 Å². The van der Waals surface area contributed by atoms with Crippen molar-refractivity contribution >= 4 is 5.97 Å². The van der Waals surface area contributed by atoms with Crippen molar-refractivity contribution in [1.82, 2.24) is 4.90 Å². The summed E-state index contributed by atoms with van der Waals surface area (Å²) in [4.78, 5) is 13.2. The lowest BCUT2D eigenvalue weighted by atomic mass is 10.1. The van der Waals surface area contributed by atoms with Gasteiger partial charge in [0.05, 0.1) is 12.5 Å². The first-order valence-electron chi connectivity index (χ1n) is 7.22. The first-order chi connectivity index (χ1) is 9.56. The Kier molecular flexibility index (Phi) is 5.01. The molecule has 1 fully saturated rings. The van der Waals surface area contributed by atoms with Gasteiger partial charge in [0, 0.05) is 18.7 Å². The molecule has 4 nitrogen and oxygen atoms in total. The van der Waals surface area contributed by atoms with Crippen molar-refractivity contribution in [2.75, 3.05) is 19.7 Å². The molecule has 1 N–H and O–H groups in total. The Bertz CT molecular complexity index is 459. The number of hydrogen-bond donors (Lipinski definition) is 1. The van der Waals surface area contributed by atoms with Crippen molar-refractivity contribution in [2.24, 2.45) is 11.8 Å². The van der Waals surface area contributed by atoms with E-state index < -0.39 is 5.97 Å². The number of carbonyl (C=O) groups is 1. The molecule has 1 unspecified atom stereocenters. The van der Waals surface area contributed by atoms with Gasteiger partial charge in [-0.1, -0.05) is 32.0 Å². The number of aliphatic carboxylic acids is 1. The Hall–Kier alpha value is -1.55. The third kappa shape index (κ3) is 3.97. The summed E-state index contributed by atoms with van der Waals surface area (Å²) in [6, 6.07) is 8.03. The fraction of sp³-hybridized carbons (Fsp3) is 0.562. The Morgan fingerprint density at radius 1 is 1.45 bits per heavy atom. The average Bonchev–Trinajstić information content (AvgIpc) is 2.86. The molecule has 0 radical (unpaired) electrons. The molecule has 1 aromatic rings. The van der Waals surface area contributed by atoms with E-state index in [1.54, 1.807) is 0 Å². The minimum atomic E-state index is -0.683. The highest BCUT2D eigenvalue weighted by Gasteiger charge is 2.28. The summed E-state index contributed by atoms with van der Waals surface area (Å²) in [6.45, 7) is 7.19. The Labute approximate surface area is 120 Å². The number of para-hydroxylation sites is 1. The van der Waals surface area contributed by atoms with Gasteiger partial charge in [-0.2, -0.15) is 0 Å². The minimum Gasteiger partial charge on any atom is -0.493 e. The number of benzene rings is 1. The lowest BCUT2D eigenvalue weighted by Crippen LogP contribution is -2.23. The van der Waals surface area contributed by atoms with Crippen LogP contribution < -0.4 is 4.74 Å². The first-order valence-corrected chi connectivity index (χ1v) is 7.22. The van der Waals surface area contributed by atoms with Crippen molar-refractivity contribution in [3.63, 3.8) is 0 Å². The monoisotopic (exact) mass is 277 g/mol. The standard InChI is InChI=1S/C16H23NO3/c1-12(2)11-20-15-6-4-3-5-13(15)9-17-8-7-14(10-17)16(18)19/h3-6,12,14H,7-11H2,1-2H3,(H,18,19). The number of rotatable bonds is 6. The summed E-state index contributed by atoms with van der Waals surface area (Å²) in [6.07, 6.45) is 0.740. The van der Waals surface area contributed by atoms with Crippen LogP contribution in [-0.2, 0) is 11.3 Å². The highest BCUT2D eigenvalue weighted by molar-refractivity contribution is 5.70. The molecule has 1 aliphatic rings. The van der Waals surface area contributed by atoms with Crippen LogP contribution in [0.2, 0.25) is 0 Å². The zero-order chi connectivity index (χ0) is 14.5. The van der Waals surface area contributed by atoms with Crippen molar-refractivity contribution < 1.29 is 14.6 Å². The highest BCUT2D eigenvalue weighted by atomic mass is 16.5. The number of carboxylic acid groups (broad SMARTS) is 1. The molecular weight excluding hydrogens is 254 g/mol. The second-order valence-electron chi connectivity index (χ2n) is 5.87. The smallest absolute Gasteiger partial charge is 0.307 e. The molecular formula is C16H23NO3. The molecule has 0 spiro atoms. The van der Waals surface area contributed by atoms with E-state index in [4.69, 9.17) is 9.84 Å². The Balaban J connectivity index is 1.97. The third-order valence-electron chi connectivity index (χ3n) is 3.56. The minimum absolute atomic E-state index is 0.223. The summed E-state index contributed by atoms with van der Waals surface area (Å²) in [5.74, 6) is 0.502. The molecule has 1 aromatic carbocycles. The van der Waals surface area contributed by atoms with E-state index in [1.807, 2.05) is 18.2 Å². The SMILES string of the molecule is CC(C)COc1ccccc1CN1CCC(C(=O)O)C1. The summed E-state index contributed by atoms with van der Waals surface area (Å²) < 4.78 is 5.84. The number of carboxylic acids is 1. The molecule has 1 heterocycles. The van der Waals surface area contributed by atoms with Crippen LogP contribution in [0.1, 0.15) is 25.8 Å². The zero-order valence-electron chi connectivity index (χ0n) is 12.2. The van der Waals surface area contributed by atoms with Crippen molar-refractivity contribution in [3.05, 3.63) is 29.8 Å². The zero-order valence-corrected chi connectivity index (χ0v) is 12.2. The Morgan fingerprint density at radius 3 is 2.85 bits per heavy atom. The maximum Gasteiger partial charge on any atom is 0.307 e. The third-order valence-corrected chi connectivity index (χ3v) is 3.56. The predicted octanol–water partition coefficient (Wildman–Crippen LogP) is 2.63. The summed E-state index contributed by atoms with van der Waals surface area (Å²) >= 11 is 0. The molecule has 1 saturated heterocycles. The lowest BCUT2D eigenvalue weighted by molar-refractivity contribution is -0.141. The quantitative estimate of drug-likeness (QED) is 0.868. The topological polar surface area (TPSA) is 49.8 Å². The fourth-order valence-electron chi connectivity index (χ4n) is 2.45. The van der Waals surface area contributed by atoms with Gasteiger partial charge in [-0.3, -0.25) is 9.69 Å². The van der Waals surface area contributed by atoms with E-state index >= 15 is 0 Å². The van der Waals surface area contributed by atoms with Gasteiger partial charge in [0.15, 0.2) is 0 Å². The van der Waals surface area contributed by atoms with Gasteiger partial charge in [-0.05, 0) is 24.9 Å². The number of likely N-dealkylation sites (tertiary alicyclic amines) is 1. The summed E-state index contributed by atoms with van der Waals surface area (Å²) in [5, 5.41) is 9.05. The molecule has 0 saturated carbocycles. The van der Waals surface area contributed by atoms with E-state index in [-0.39, 0.29) is 5.92 Å². The maximum absolute atomic E-state index is 11.0. The normalized spacial score (nSPS) is 19.4. The first kappa shape index (κ1) is 14.9. The molecule has 0 amide bonds. The number of nitrogens with zero attached hydrogens (tertiary/aromatic N) is 1. The van der Waals surface area contributed by atoms with Crippen LogP contribution >= 0.6 is 0 Å². The average molecular weight is 277 g/mol. The van der Waals surface area contributed by atoms with Gasteiger partial charge in [0.25, 0.3) is 0 Å². The second kappa shape index (κ2) is 6.75. The van der Waals surface area contributed by atoms with Crippen LogP contribution in [0, 0.1) is 11.8 Å². The van der Waals surface area contributed by atoms with Crippen LogP contribution in [-0.4, -0.2) is 35.7 Å².